The summed E-state index contributed by atoms with van der Waals surface area (Å²) in [5.41, 5.74) is 12.1. The highest BCUT2D eigenvalue weighted by Gasteiger charge is 2.19. The van der Waals surface area contributed by atoms with Gasteiger partial charge in [-0.3, -0.25) is 0 Å². The number of anilines is 2. The van der Waals surface area contributed by atoms with E-state index < -0.39 is 5.97 Å². The predicted molar refractivity (Wildman–Crippen MR) is 78.4 cm³/mol. The molecule has 20 heavy (non-hydrogen) atoms. The minimum atomic E-state index is -0.462. The van der Waals surface area contributed by atoms with Gasteiger partial charge in [-0.25, -0.2) is 9.78 Å². The van der Waals surface area contributed by atoms with Gasteiger partial charge >= 0.3 is 5.97 Å². The Morgan fingerprint density at radius 3 is 2.95 bits per heavy atom. The van der Waals surface area contributed by atoms with Crippen molar-refractivity contribution in [3.63, 3.8) is 0 Å². The Hall–Kier alpha value is -2.33. The number of aromatic nitrogens is 1. The summed E-state index contributed by atoms with van der Waals surface area (Å²) in [5.74, 6) is -0.330. The van der Waals surface area contributed by atoms with Crippen molar-refractivity contribution in [1.29, 1.82) is 5.26 Å². The van der Waals surface area contributed by atoms with E-state index in [0.717, 1.165) is 24.2 Å². The summed E-state index contributed by atoms with van der Waals surface area (Å²) in [6.07, 6.45) is 1.75. The van der Waals surface area contributed by atoms with Crippen molar-refractivity contribution < 1.29 is 9.53 Å². The fourth-order valence-corrected chi connectivity index (χ4v) is 2.65. The fourth-order valence-electron chi connectivity index (χ4n) is 1.67. The molecule has 2 aromatic heterocycles. The van der Waals surface area contributed by atoms with Gasteiger partial charge < -0.3 is 16.2 Å². The number of nitrogen functional groups attached to an aromatic ring is 2. The Morgan fingerprint density at radius 2 is 2.30 bits per heavy atom. The lowest BCUT2D eigenvalue weighted by atomic mass is 10.2. The van der Waals surface area contributed by atoms with Crippen LogP contribution in [0.1, 0.15) is 35.0 Å². The monoisotopic (exact) mass is 290 g/mol. The van der Waals surface area contributed by atoms with Crippen molar-refractivity contribution in [2.45, 2.75) is 19.8 Å². The van der Waals surface area contributed by atoms with E-state index >= 15 is 0 Å². The van der Waals surface area contributed by atoms with Gasteiger partial charge in [0, 0.05) is 5.39 Å². The highest BCUT2D eigenvalue weighted by Crippen LogP contribution is 2.34. The quantitative estimate of drug-likeness (QED) is 0.659. The van der Waals surface area contributed by atoms with Gasteiger partial charge in [0.25, 0.3) is 0 Å². The molecule has 0 saturated carbocycles. The van der Waals surface area contributed by atoms with Crippen LogP contribution in [0.25, 0.3) is 10.2 Å². The first-order chi connectivity index (χ1) is 9.58. The third-order valence-electron chi connectivity index (χ3n) is 2.79. The zero-order chi connectivity index (χ0) is 14.7. The smallest absolute Gasteiger partial charge is 0.350 e. The van der Waals surface area contributed by atoms with E-state index in [1.165, 1.54) is 0 Å². The average molecular weight is 290 g/mol. The second kappa shape index (κ2) is 5.75. The predicted octanol–water partition coefficient (Wildman–Crippen LogP) is 2.29. The lowest BCUT2D eigenvalue weighted by molar-refractivity contribution is 0.0506. The largest absolute Gasteiger partial charge is 0.461 e. The average Bonchev–Trinajstić information content (AvgIpc) is 2.74. The SMILES string of the molecule is CCCCOC(=O)c1sc2nc(N)c(C#N)cc2c1N. The number of nitriles is 1. The summed E-state index contributed by atoms with van der Waals surface area (Å²) < 4.78 is 5.13. The maximum Gasteiger partial charge on any atom is 0.350 e. The maximum atomic E-state index is 11.9. The van der Waals surface area contributed by atoms with Crippen LogP contribution in [0.4, 0.5) is 11.5 Å². The molecule has 2 heterocycles. The van der Waals surface area contributed by atoms with Gasteiger partial charge in [0.2, 0.25) is 0 Å². The Morgan fingerprint density at radius 1 is 1.55 bits per heavy atom. The summed E-state index contributed by atoms with van der Waals surface area (Å²) in [7, 11) is 0. The third kappa shape index (κ3) is 2.51. The zero-order valence-corrected chi connectivity index (χ0v) is 11.8. The van der Waals surface area contributed by atoms with Crippen LogP contribution in [0, 0.1) is 11.3 Å². The van der Waals surface area contributed by atoms with Crippen LogP contribution in [0.5, 0.6) is 0 Å². The van der Waals surface area contributed by atoms with E-state index in [9.17, 15) is 4.79 Å². The summed E-state index contributed by atoms with van der Waals surface area (Å²) in [6.45, 7) is 2.37. The molecule has 6 nitrogen and oxygen atoms in total. The molecule has 0 aromatic carbocycles. The Bertz CT molecular complexity index is 702. The molecule has 0 fully saturated rings. The number of rotatable bonds is 4. The first kappa shape index (κ1) is 14.1. The number of esters is 1. The second-order valence-corrected chi connectivity index (χ2v) is 5.22. The van der Waals surface area contributed by atoms with Gasteiger partial charge in [-0.05, 0) is 12.5 Å². The molecule has 0 aliphatic carbocycles. The van der Waals surface area contributed by atoms with Crippen molar-refractivity contribution in [3.8, 4) is 6.07 Å². The molecule has 0 unspecified atom stereocenters. The maximum absolute atomic E-state index is 11.9. The van der Waals surface area contributed by atoms with E-state index in [1.54, 1.807) is 6.07 Å². The lowest BCUT2D eigenvalue weighted by Gasteiger charge is -2.02. The summed E-state index contributed by atoms with van der Waals surface area (Å²) in [5, 5.41) is 9.49. The van der Waals surface area contributed by atoms with Crippen molar-refractivity contribution in [1.82, 2.24) is 4.98 Å². The van der Waals surface area contributed by atoms with Crippen molar-refractivity contribution in [2.75, 3.05) is 18.1 Å². The zero-order valence-electron chi connectivity index (χ0n) is 11.0. The number of hydrogen-bond donors (Lipinski definition) is 2. The van der Waals surface area contributed by atoms with Crippen LogP contribution < -0.4 is 11.5 Å². The van der Waals surface area contributed by atoms with Crippen LogP contribution >= 0.6 is 11.3 Å². The topological polar surface area (TPSA) is 115 Å². The molecular weight excluding hydrogens is 276 g/mol. The van der Waals surface area contributed by atoms with E-state index in [-0.39, 0.29) is 17.1 Å². The molecule has 104 valence electrons. The van der Waals surface area contributed by atoms with E-state index in [0.29, 0.717) is 21.7 Å². The Balaban J connectivity index is 2.39. The molecule has 0 aliphatic heterocycles. The third-order valence-corrected chi connectivity index (χ3v) is 3.88. The molecule has 2 rings (SSSR count). The first-order valence-electron chi connectivity index (χ1n) is 6.14. The van der Waals surface area contributed by atoms with Crippen molar-refractivity contribution in [3.05, 3.63) is 16.5 Å². The van der Waals surface area contributed by atoms with E-state index in [2.05, 4.69) is 4.98 Å². The molecule has 0 atom stereocenters. The number of ether oxygens (including phenoxy) is 1. The molecule has 4 N–H and O–H groups in total. The number of fused-ring (bicyclic) bond motifs is 1. The number of carbonyl (C=O) groups excluding carboxylic acids is 1. The highest BCUT2D eigenvalue weighted by molar-refractivity contribution is 7.21. The number of nitrogens with two attached hydrogens (primary N) is 2. The van der Waals surface area contributed by atoms with E-state index in [4.69, 9.17) is 21.5 Å². The number of hydrogen-bond acceptors (Lipinski definition) is 7. The van der Waals surface area contributed by atoms with Crippen molar-refractivity contribution >= 4 is 39.0 Å². The Kier molecular flexibility index (Phi) is 4.05. The Labute approximate surface area is 120 Å². The minimum Gasteiger partial charge on any atom is -0.461 e. The highest BCUT2D eigenvalue weighted by atomic mass is 32.1. The van der Waals surface area contributed by atoms with Crippen LogP contribution in [-0.4, -0.2) is 17.6 Å². The number of thiophene rings is 1. The van der Waals surface area contributed by atoms with Gasteiger partial charge in [0.05, 0.1) is 17.9 Å². The molecule has 0 radical (unpaired) electrons. The van der Waals surface area contributed by atoms with Gasteiger partial charge in [0.15, 0.2) is 0 Å². The molecule has 7 heteroatoms. The summed E-state index contributed by atoms with van der Waals surface area (Å²) >= 11 is 1.12. The van der Waals surface area contributed by atoms with Gasteiger partial charge in [0.1, 0.15) is 21.6 Å². The normalized spacial score (nSPS) is 10.4. The standard InChI is InChI=1S/C13H14N4O2S/c1-2-3-4-19-13(18)10-9(15)8-5-7(6-14)11(16)17-12(8)20-10/h5H,2-4,15H2,1H3,(H2,16,17). The molecule has 2 aromatic rings. The van der Waals surface area contributed by atoms with Crippen LogP contribution in [-0.2, 0) is 4.74 Å². The molecular formula is C13H14N4O2S. The molecule has 0 spiro atoms. The summed E-state index contributed by atoms with van der Waals surface area (Å²) in [6, 6.07) is 3.49. The lowest BCUT2D eigenvalue weighted by Crippen LogP contribution is -2.06. The van der Waals surface area contributed by atoms with Gasteiger partial charge in [-0.15, -0.1) is 11.3 Å². The molecule has 0 saturated heterocycles. The number of unbranched alkanes of at least 4 members (excludes halogenated alkanes) is 1. The minimum absolute atomic E-state index is 0.132. The van der Waals surface area contributed by atoms with Crippen molar-refractivity contribution in [2.24, 2.45) is 0 Å². The van der Waals surface area contributed by atoms with Crippen LogP contribution in [0.3, 0.4) is 0 Å². The van der Waals surface area contributed by atoms with Crippen LogP contribution in [0.15, 0.2) is 6.07 Å². The number of pyridine rings is 1. The molecule has 0 amide bonds. The summed E-state index contributed by atoms with van der Waals surface area (Å²) in [4.78, 5) is 16.9. The first-order valence-corrected chi connectivity index (χ1v) is 6.95. The fraction of sp³-hybridized carbons (Fsp3) is 0.308. The second-order valence-electron chi connectivity index (χ2n) is 4.22. The van der Waals surface area contributed by atoms with Gasteiger partial charge in [-0.1, -0.05) is 13.3 Å². The van der Waals surface area contributed by atoms with Crippen LogP contribution in [0.2, 0.25) is 0 Å². The van der Waals surface area contributed by atoms with Gasteiger partial charge in [-0.2, -0.15) is 5.26 Å². The van der Waals surface area contributed by atoms with E-state index in [1.807, 2.05) is 13.0 Å². The molecule has 0 aliphatic rings. The number of carbonyl (C=O) groups is 1. The molecule has 0 bridgehead atoms. The number of nitrogens with zero attached hydrogens (tertiary/aromatic N) is 2.